The number of benzene rings is 2. The molecule has 0 unspecified atom stereocenters. The first-order valence-corrected chi connectivity index (χ1v) is 8.77. The van der Waals surface area contributed by atoms with Crippen LogP contribution in [0.1, 0.15) is 33.3 Å². The SMILES string of the molecule is C=CC(=O)Nc1cccc(Sc2cccc(C)c2)c1.CC.CC. The van der Waals surface area contributed by atoms with E-state index in [-0.39, 0.29) is 5.91 Å². The Morgan fingerprint density at radius 1 is 1.00 bits per heavy atom. The zero-order valence-electron chi connectivity index (χ0n) is 14.7. The molecule has 3 heteroatoms. The highest BCUT2D eigenvalue weighted by molar-refractivity contribution is 7.99. The minimum atomic E-state index is -0.197. The van der Waals surface area contributed by atoms with E-state index in [1.807, 2.05) is 58.0 Å². The first-order chi connectivity index (χ1) is 11.2. The summed E-state index contributed by atoms with van der Waals surface area (Å²) in [7, 11) is 0. The molecule has 0 spiro atoms. The number of hydrogen-bond donors (Lipinski definition) is 1. The van der Waals surface area contributed by atoms with Gasteiger partial charge in [-0.15, -0.1) is 0 Å². The Balaban J connectivity index is 0.00000112. The molecular formula is C20H27NOS. The molecule has 0 aliphatic rings. The zero-order chi connectivity index (χ0) is 17.7. The third-order valence-electron chi connectivity index (χ3n) is 2.51. The third kappa shape index (κ3) is 8.27. The summed E-state index contributed by atoms with van der Waals surface area (Å²) in [6.07, 6.45) is 1.26. The van der Waals surface area contributed by atoms with Crippen LogP contribution in [-0.2, 0) is 4.79 Å². The predicted molar refractivity (Wildman–Crippen MR) is 103 cm³/mol. The molecule has 0 saturated carbocycles. The molecule has 2 aromatic rings. The van der Waals surface area contributed by atoms with Crippen molar-refractivity contribution in [2.45, 2.75) is 44.4 Å². The largest absolute Gasteiger partial charge is 0.322 e. The summed E-state index contributed by atoms with van der Waals surface area (Å²) in [6, 6.07) is 16.1. The molecule has 2 aromatic carbocycles. The van der Waals surface area contributed by atoms with E-state index in [4.69, 9.17) is 0 Å². The summed E-state index contributed by atoms with van der Waals surface area (Å²) in [5, 5.41) is 2.76. The van der Waals surface area contributed by atoms with E-state index in [1.54, 1.807) is 11.8 Å². The Bertz CT molecular complexity index is 608. The van der Waals surface area contributed by atoms with Gasteiger partial charge < -0.3 is 5.32 Å². The summed E-state index contributed by atoms with van der Waals surface area (Å²) in [4.78, 5) is 13.5. The quantitative estimate of drug-likeness (QED) is 0.665. The number of amides is 1. The predicted octanol–water partition coefficient (Wildman–Crippen LogP) is 6.32. The number of aryl methyl sites for hydroxylation is 1. The molecule has 2 nitrogen and oxygen atoms in total. The van der Waals surface area contributed by atoms with Gasteiger partial charge in [0.2, 0.25) is 5.91 Å². The number of nitrogens with one attached hydrogen (secondary N) is 1. The number of anilines is 1. The van der Waals surface area contributed by atoms with Gasteiger partial charge in [0.05, 0.1) is 0 Å². The lowest BCUT2D eigenvalue weighted by atomic mass is 10.2. The minimum Gasteiger partial charge on any atom is -0.322 e. The standard InChI is InChI=1S/C16H15NOS.2C2H6/c1-3-16(18)17-13-7-5-9-15(11-13)19-14-8-4-6-12(2)10-14;2*1-2/h3-11H,1H2,2H3,(H,17,18);2*1-2H3. The maximum absolute atomic E-state index is 11.3. The zero-order valence-corrected chi connectivity index (χ0v) is 15.5. The van der Waals surface area contributed by atoms with Gasteiger partial charge in [0.25, 0.3) is 0 Å². The van der Waals surface area contributed by atoms with Crippen molar-refractivity contribution in [2.24, 2.45) is 0 Å². The molecular weight excluding hydrogens is 302 g/mol. The lowest BCUT2D eigenvalue weighted by molar-refractivity contribution is -0.111. The fourth-order valence-electron chi connectivity index (χ4n) is 1.65. The maximum Gasteiger partial charge on any atom is 0.247 e. The van der Waals surface area contributed by atoms with E-state index in [2.05, 4.69) is 37.0 Å². The number of rotatable bonds is 4. The topological polar surface area (TPSA) is 29.1 Å². The molecule has 0 aliphatic heterocycles. The van der Waals surface area contributed by atoms with Crippen LogP contribution >= 0.6 is 11.8 Å². The molecule has 1 N–H and O–H groups in total. The van der Waals surface area contributed by atoms with Crippen LogP contribution in [0.4, 0.5) is 5.69 Å². The Morgan fingerprint density at radius 2 is 1.57 bits per heavy atom. The van der Waals surface area contributed by atoms with Crippen LogP contribution in [0.3, 0.4) is 0 Å². The molecule has 0 heterocycles. The average Bonchev–Trinajstić information content (AvgIpc) is 2.59. The minimum absolute atomic E-state index is 0.197. The summed E-state index contributed by atoms with van der Waals surface area (Å²) >= 11 is 1.67. The van der Waals surface area contributed by atoms with E-state index < -0.39 is 0 Å². The fourth-order valence-corrected chi connectivity index (χ4v) is 2.64. The summed E-state index contributed by atoms with van der Waals surface area (Å²) < 4.78 is 0. The van der Waals surface area contributed by atoms with Gasteiger partial charge in [0.15, 0.2) is 0 Å². The van der Waals surface area contributed by atoms with Crippen LogP contribution in [0.15, 0.2) is 71.0 Å². The van der Waals surface area contributed by atoms with Gasteiger partial charge in [-0.3, -0.25) is 4.79 Å². The van der Waals surface area contributed by atoms with Gasteiger partial charge in [-0.1, -0.05) is 69.8 Å². The molecule has 1 amide bonds. The molecule has 124 valence electrons. The van der Waals surface area contributed by atoms with E-state index in [0.717, 1.165) is 10.6 Å². The summed E-state index contributed by atoms with van der Waals surface area (Å²) in [6.45, 7) is 13.5. The summed E-state index contributed by atoms with van der Waals surface area (Å²) in [5.41, 5.74) is 2.02. The fraction of sp³-hybridized carbons (Fsp3) is 0.250. The van der Waals surface area contributed by atoms with Crippen molar-refractivity contribution in [3.05, 3.63) is 66.7 Å². The lowest BCUT2D eigenvalue weighted by Gasteiger charge is -2.06. The monoisotopic (exact) mass is 329 g/mol. The smallest absolute Gasteiger partial charge is 0.247 e. The van der Waals surface area contributed by atoms with Gasteiger partial charge in [0.1, 0.15) is 0 Å². The molecule has 0 atom stereocenters. The normalized spacial score (nSPS) is 8.74. The van der Waals surface area contributed by atoms with E-state index >= 15 is 0 Å². The van der Waals surface area contributed by atoms with Crippen LogP contribution in [0.2, 0.25) is 0 Å². The van der Waals surface area contributed by atoms with Crippen LogP contribution in [-0.4, -0.2) is 5.91 Å². The summed E-state index contributed by atoms with van der Waals surface area (Å²) in [5.74, 6) is -0.197. The van der Waals surface area contributed by atoms with Crippen molar-refractivity contribution < 1.29 is 4.79 Å². The second-order valence-electron chi connectivity index (χ2n) is 4.14. The highest BCUT2D eigenvalue weighted by Gasteiger charge is 2.01. The molecule has 23 heavy (non-hydrogen) atoms. The maximum atomic E-state index is 11.3. The van der Waals surface area contributed by atoms with Gasteiger partial charge in [-0.25, -0.2) is 0 Å². The molecule has 0 aliphatic carbocycles. The van der Waals surface area contributed by atoms with Crippen molar-refractivity contribution in [1.29, 1.82) is 0 Å². The van der Waals surface area contributed by atoms with Crippen LogP contribution in [0.5, 0.6) is 0 Å². The molecule has 0 saturated heterocycles. The number of hydrogen-bond acceptors (Lipinski definition) is 2. The van der Waals surface area contributed by atoms with Gasteiger partial charge >= 0.3 is 0 Å². The third-order valence-corrected chi connectivity index (χ3v) is 3.49. The molecule has 0 radical (unpaired) electrons. The Morgan fingerprint density at radius 3 is 2.13 bits per heavy atom. The highest BCUT2D eigenvalue weighted by Crippen LogP contribution is 2.29. The van der Waals surface area contributed by atoms with Gasteiger partial charge in [-0.05, 0) is 43.3 Å². The average molecular weight is 330 g/mol. The lowest BCUT2D eigenvalue weighted by Crippen LogP contribution is -2.06. The molecule has 0 fully saturated rings. The van der Waals surface area contributed by atoms with E-state index in [9.17, 15) is 4.79 Å². The Kier molecular flexibility index (Phi) is 11.4. The van der Waals surface area contributed by atoms with Gasteiger partial charge in [0, 0.05) is 15.5 Å². The highest BCUT2D eigenvalue weighted by atomic mass is 32.2. The van der Waals surface area contributed by atoms with Crippen molar-refractivity contribution in [3.63, 3.8) is 0 Å². The van der Waals surface area contributed by atoms with Gasteiger partial charge in [-0.2, -0.15) is 0 Å². The van der Waals surface area contributed by atoms with Crippen molar-refractivity contribution in [3.8, 4) is 0 Å². The van der Waals surface area contributed by atoms with Crippen LogP contribution in [0.25, 0.3) is 0 Å². The second-order valence-corrected chi connectivity index (χ2v) is 5.29. The number of carbonyl (C=O) groups excluding carboxylic acids is 1. The van der Waals surface area contributed by atoms with Crippen molar-refractivity contribution >= 4 is 23.4 Å². The first-order valence-electron chi connectivity index (χ1n) is 7.95. The Labute approximate surface area is 145 Å². The van der Waals surface area contributed by atoms with E-state index in [1.165, 1.54) is 16.5 Å². The number of carbonyl (C=O) groups is 1. The molecule has 0 bridgehead atoms. The van der Waals surface area contributed by atoms with Crippen molar-refractivity contribution in [1.82, 2.24) is 0 Å². The van der Waals surface area contributed by atoms with Crippen LogP contribution in [0, 0.1) is 6.92 Å². The van der Waals surface area contributed by atoms with Crippen molar-refractivity contribution in [2.75, 3.05) is 5.32 Å². The first kappa shape index (κ1) is 21.0. The second kappa shape index (κ2) is 12.5. The molecule has 0 aromatic heterocycles. The van der Waals surface area contributed by atoms with Crippen LogP contribution < -0.4 is 5.32 Å². The molecule has 2 rings (SSSR count). The Hall–Kier alpha value is -2.00. The van der Waals surface area contributed by atoms with E-state index in [0.29, 0.717) is 0 Å².